The van der Waals surface area contributed by atoms with Crippen molar-refractivity contribution in [3.05, 3.63) is 65.1 Å². The van der Waals surface area contributed by atoms with Crippen LogP contribution in [0.15, 0.2) is 65.1 Å². The fraction of sp³-hybridized carbons (Fsp3) is 0. The van der Waals surface area contributed by atoms with Gasteiger partial charge in [-0.2, -0.15) is 4.98 Å². The summed E-state index contributed by atoms with van der Waals surface area (Å²) in [6.07, 6.45) is 0. The monoisotopic (exact) mass is 340 g/mol. The van der Waals surface area contributed by atoms with Crippen LogP contribution in [0.2, 0.25) is 0 Å². The van der Waals surface area contributed by atoms with Crippen LogP contribution >= 0.6 is 15.9 Å². The molecule has 2 aromatic carbocycles. The van der Waals surface area contributed by atoms with Crippen molar-refractivity contribution in [2.45, 2.75) is 0 Å². The van der Waals surface area contributed by atoms with Crippen molar-refractivity contribution >= 4 is 33.4 Å². The van der Waals surface area contributed by atoms with Crippen LogP contribution in [0.3, 0.4) is 0 Å². The van der Waals surface area contributed by atoms with Gasteiger partial charge in [-0.3, -0.25) is 0 Å². The van der Waals surface area contributed by atoms with E-state index < -0.39 is 0 Å². The Morgan fingerprint density at radius 1 is 0.905 bits per heavy atom. The number of para-hydroxylation sites is 1. The highest BCUT2D eigenvalue weighted by molar-refractivity contribution is 9.10. The number of hydrogen-bond donors (Lipinski definition) is 2. The van der Waals surface area contributed by atoms with Gasteiger partial charge >= 0.3 is 0 Å². The van der Waals surface area contributed by atoms with E-state index in [-0.39, 0.29) is 0 Å². The maximum atomic E-state index is 5.89. The van der Waals surface area contributed by atoms with Crippen LogP contribution in [-0.2, 0) is 0 Å². The summed E-state index contributed by atoms with van der Waals surface area (Å²) >= 11 is 3.46. The van der Waals surface area contributed by atoms with Crippen LogP contribution in [0, 0.1) is 0 Å². The number of halogens is 1. The number of hydrogen-bond acceptors (Lipinski definition) is 4. The molecule has 104 valence electrons. The third kappa shape index (κ3) is 3.38. The minimum Gasteiger partial charge on any atom is -0.384 e. The Morgan fingerprint density at radius 2 is 1.71 bits per heavy atom. The van der Waals surface area contributed by atoms with Gasteiger partial charge in [-0.05, 0) is 24.3 Å². The predicted octanol–water partition coefficient (Wildman–Crippen LogP) is 4.23. The molecule has 3 aromatic rings. The van der Waals surface area contributed by atoms with Gasteiger partial charge in [0, 0.05) is 21.8 Å². The van der Waals surface area contributed by atoms with Gasteiger partial charge in [0.15, 0.2) is 0 Å². The van der Waals surface area contributed by atoms with Gasteiger partial charge in [0.05, 0.1) is 5.69 Å². The van der Waals surface area contributed by atoms with Gasteiger partial charge in [-0.15, -0.1) is 0 Å². The maximum Gasteiger partial charge on any atom is 0.229 e. The zero-order chi connectivity index (χ0) is 14.7. The van der Waals surface area contributed by atoms with Crippen LogP contribution in [0.25, 0.3) is 11.3 Å². The number of benzene rings is 2. The first-order chi connectivity index (χ1) is 10.2. The van der Waals surface area contributed by atoms with E-state index in [1.54, 1.807) is 6.07 Å². The second-order valence-electron chi connectivity index (χ2n) is 4.50. The lowest BCUT2D eigenvalue weighted by molar-refractivity contribution is 1.18. The van der Waals surface area contributed by atoms with Crippen molar-refractivity contribution in [3.8, 4) is 11.3 Å². The summed E-state index contributed by atoms with van der Waals surface area (Å²) in [6.45, 7) is 0. The highest BCUT2D eigenvalue weighted by atomic mass is 79.9. The average molecular weight is 341 g/mol. The first-order valence-corrected chi connectivity index (χ1v) is 7.22. The van der Waals surface area contributed by atoms with E-state index in [1.807, 2.05) is 54.6 Å². The molecule has 1 aromatic heterocycles. The molecular formula is C16H13BrN4. The lowest BCUT2D eigenvalue weighted by Gasteiger charge is -2.08. The number of nitrogens with zero attached hydrogens (tertiary/aromatic N) is 2. The van der Waals surface area contributed by atoms with Crippen molar-refractivity contribution in [2.24, 2.45) is 0 Å². The molecule has 3 rings (SSSR count). The molecule has 0 atom stereocenters. The number of rotatable bonds is 3. The Morgan fingerprint density at radius 3 is 2.48 bits per heavy atom. The predicted molar refractivity (Wildman–Crippen MR) is 89.3 cm³/mol. The third-order valence-corrected chi connectivity index (χ3v) is 3.39. The summed E-state index contributed by atoms with van der Waals surface area (Å²) in [7, 11) is 0. The Labute approximate surface area is 131 Å². The summed E-state index contributed by atoms with van der Waals surface area (Å²) < 4.78 is 0.995. The van der Waals surface area contributed by atoms with Crippen LogP contribution in [-0.4, -0.2) is 9.97 Å². The number of aromatic nitrogens is 2. The molecule has 0 fully saturated rings. The van der Waals surface area contributed by atoms with E-state index >= 15 is 0 Å². The molecule has 0 amide bonds. The first-order valence-electron chi connectivity index (χ1n) is 6.43. The van der Waals surface area contributed by atoms with Crippen LogP contribution in [0.1, 0.15) is 0 Å². The molecule has 21 heavy (non-hydrogen) atoms. The molecule has 0 radical (unpaired) electrons. The summed E-state index contributed by atoms with van der Waals surface area (Å²) in [6, 6.07) is 19.4. The number of nitrogens with two attached hydrogens (primary N) is 1. The molecule has 0 unspecified atom stereocenters. The Kier molecular flexibility index (Phi) is 3.83. The average Bonchev–Trinajstić information content (AvgIpc) is 2.48. The fourth-order valence-electron chi connectivity index (χ4n) is 1.97. The van der Waals surface area contributed by atoms with Gasteiger partial charge in [0.1, 0.15) is 5.82 Å². The minimum atomic E-state index is 0.429. The second kappa shape index (κ2) is 5.93. The van der Waals surface area contributed by atoms with E-state index in [1.165, 1.54) is 0 Å². The standard InChI is InChI=1S/C16H13BrN4/c17-12-6-4-5-11(9-12)14-10-15(18)21-16(20-14)19-13-7-2-1-3-8-13/h1-10H,(H3,18,19,20,21). The summed E-state index contributed by atoms with van der Waals surface area (Å²) in [5.41, 5.74) is 8.57. The second-order valence-corrected chi connectivity index (χ2v) is 5.42. The van der Waals surface area contributed by atoms with Gasteiger partial charge in [-0.25, -0.2) is 4.98 Å². The molecule has 1 heterocycles. The van der Waals surface area contributed by atoms with E-state index in [2.05, 4.69) is 31.2 Å². The zero-order valence-corrected chi connectivity index (χ0v) is 12.7. The van der Waals surface area contributed by atoms with Crippen LogP contribution < -0.4 is 11.1 Å². The lowest BCUT2D eigenvalue weighted by atomic mass is 10.1. The zero-order valence-electron chi connectivity index (χ0n) is 11.1. The molecular weight excluding hydrogens is 328 g/mol. The molecule has 0 saturated heterocycles. The topological polar surface area (TPSA) is 63.8 Å². The van der Waals surface area contributed by atoms with Crippen molar-refractivity contribution in [3.63, 3.8) is 0 Å². The quantitative estimate of drug-likeness (QED) is 0.748. The Hall–Kier alpha value is -2.40. The normalized spacial score (nSPS) is 10.3. The highest BCUT2D eigenvalue weighted by Crippen LogP contribution is 2.24. The molecule has 0 aliphatic heterocycles. The third-order valence-electron chi connectivity index (χ3n) is 2.90. The molecule has 0 bridgehead atoms. The van der Waals surface area contributed by atoms with Crippen LogP contribution in [0.5, 0.6) is 0 Å². The lowest BCUT2D eigenvalue weighted by Crippen LogP contribution is -2.01. The van der Waals surface area contributed by atoms with E-state index in [4.69, 9.17) is 5.73 Å². The van der Waals surface area contributed by atoms with Crippen molar-refractivity contribution in [1.82, 2.24) is 9.97 Å². The number of nitrogens with one attached hydrogen (secondary N) is 1. The summed E-state index contributed by atoms with van der Waals surface area (Å²) in [4.78, 5) is 8.74. The molecule has 0 aliphatic rings. The van der Waals surface area contributed by atoms with Gasteiger partial charge in [0.25, 0.3) is 0 Å². The summed E-state index contributed by atoms with van der Waals surface area (Å²) in [5.74, 6) is 0.912. The number of nitrogen functional groups attached to an aromatic ring is 1. The van der Waals surface area contributed by atoms with Crippen molar-refractivity contribution in [1.29, 1.82) is 0 Å². The minimum absolute atomic E-state index is 0.429. The van der Waals surface area contributed by atoms with Gasteiger partial charge in [-0.1, -0.05) is 46.3 Å². The van der Waals surface area contributed by atoms with E-state index in [0.717, 1.165) is 21.4 Å². The summed E-state index contributed by atoms with van der Waals surface area (Å²) in [5, 5.41) is 3.16. The van der Waals surface area contributed by atoms with E-state index in [0.29, 0.717) is 11.8 Å². The molecule has 0 aliphatic carbocycles. The maximum absolute atomic E-state index is 5.89. The fourth-order valence-corrected chi connectivity index (χ4v) is 2.37. The van der Waals surface area contributed by atoms with Gasteiger partial charge < -0.3 is 11.1 Å². The smallest absolute Gasteiger partial charge is 0.229 e. The van der Waals surface area contributed by atoms with Crippen LogP contribution in [0.4, 0.5) is 17.5 Å². The molecule has 0 spiro atoms. The number of anilines is 3. The molecule has 5 heteroatoms. The van der Waals surface area contributed by atoms with Crippen molar-refractivity contribution in [2.75, 3.05) is 11.1 Å². The molecule has 3 N–H and O–H groups in total. The first kappa shape index (κ1) is 13.6. The SMILES string of the molecule is Nc1cc(-c2cccc(Br)c2)nc(Nc2ccccc2)n1. The van der Waals surface area contributed by atoms with E-state index in [9.17, 15) is 0 Å². The molecule has 4 nitrogen and oxygen atoms in total. The molecule has 0 saturated carbocycles. The highest BCUT2D eigenvalue weighted by Gasteiger charge is 2.06. The Balaban J connectivity index is 1.97. The Bertz CT molecular complexity index is 759. The van der Waals surface area contributed by atoms with Crippen molar-refractivity contribution < 1.29 is 0 Å². The largest absolute Gasteiger partial charge is 0.384 e. The van der Waals surface area contributed by atoms with Gasteiger partial charge in [0.2, 0.25) is 5.95 Å².